The van der Waals surface area contributed by atoms with Crippen molar-refractivity contribution in [2.75, 3.05) is 6.54 Å². The van der Waals surface area contributed by atoms with Crippen molar-refractivity contribution in [2.45, 2.75) is 32.6 Å². The predicted octanol–water partition coefficient (Wildman–Crippen LogP) is 1.77. The van der Waals surface area contributed by atoms with Crippen LogP contribution in [0.2, 0.25) is 0 Å². The molecule has 1 heteroatoms. The van der Waals surface area contributed by atoms with Gasteiger partial charge in [-0.2, -0.15) is 0 Å². The van der Waals surface area contributed by atoms with Crippen LogP contribution >= 0.6 is 0 Å². The lowest BCUT2D eigenvalue weighted by Crippen LogP contribution is -2.32. The molecule has 2 rings (SSSR count). The highest BCUT2D eigenvalue weighted by molar-refractivity contribution is 4.98. The minimum absolute atomic E-state index is 0.531. The van der Waals surface area contributed by atoms with Crippen LogP contribution in [0.25, 0.3) is 0 Å². The van der Waals surface area contributed by atoms with E-state index in [9.17, 15) is 0 Å². The maximum absolute atomic E-state index is 5.75. The van der Waals surface area contributed by atoms with Crippen molar-refractivity contribution < 1.29 is 0 Å². The first kappa shape index (κ1) is 6.66. The molecule has 2 saturated carbocycles. The standard InChI is InChI=1S/C9H17N/c1-9(6-10)5-7-2-3-8(9)4-7/h7-8H,2-6,10H2,1H3/t7-,8+,9+/m1/s1. The van der Waals surface area contributed by atoms with Crippen LogP contribution < -0.4 is 5.73 Å². The molecule has 0 aromatic rings. The van der Waals surface area contributed by atoms with E-state index in [1.807, 2.05) is 0 Å². The lowest BCUT2D eigenvalue weighted by atomic mass is 9.75. The fraction of sp³-hybridized carbons (Fsp3) is 1.00. The Balaban J connectivity index is 2.14. The molecular weight excluding hydrogens is 122 g/mol. The molecule has 0 saturated heterocycles. The van der Waals surface area contributed by atoms with Crippen LogP contribution in [0.1, 0.15) is 32.6 Å². The van der Waals surface area contributed by atoms with Crippen LogP contribution in [0.5, 0.6) is 0 Å². The molecule has 2 N–H and O–H groups in total. The first-order valence-corrected chi connectivity index (χ1v) is 4.45. The molecule has 2 aliphatic rings. The molecule has 0 unspecified atom stereocenters. The van der Waals surface area contributed by atoms with E-state index < -0.39 is 0 Å². The van der Waals surface area contributed by atoms with Crippen molar-refractivity contribution in [3.8, 4) is 0 Å². The van der Waals surface area contributed by atoms with Gasteiger partial charge in [0.05, 0.1) is 0 Å². The summed E-state index contributed by atoms with van der Waals surface area (Å²) in [7, 11) is 0. The Hall–Kier alpha value is -0.0400. The van der Waals surface area contributed by atoms with E-state index in [0.29, 0.717) is 5.41 Å². The second kappa shape index (κ2) is 1.97. The molecule has 10 heavy (non-hydrogen) atoms. The van der Waals surface area contributed by atoms with E-state index in [4.69, 9.17) is 5.73 Å². The van der Waals surface area contributed by atoms with Gasteiger partial charge in [-0.15, -0.1) is 0 Å². The summed E-state index contributed by atoms with van der Waals surface area (Å²) >= 11 is 0. The van der Waals surface area contributed by atoms with Crippen molar-refractivity contribution in [1.82, 2.24) is 0 Å². The highest BCUT2D eigenvalue weighted by Crippen LogP contribution is 2.54. The highest BCUT2D eigenvalue weighted by atomic mass is 14.6. The monoisotopic (exact) mass is 139 g/mol. The van der Waals surface area contributed by atoms with Crippen LogP contribution in [-0.2, 0) is 0 Å². The Morgan fingerprint density at radius 3 is 2.60 bits per heavy atom. The van der Waals surface area contributed by atoms with Gasteiger partial charge in [0.25, 0.3) is 0 Å². The Bertz CT molecular complexity index is 144. The Kier molecular flexibility index (Phi) is 1.31. The normalized spacial score (nSPS) is 52.2. The number of hydrogen-bond acceptors (Lipinski definition) is 1. The molecule has 2 aliphatic carbocycles. The zero-order valence-corrected chi connectivity index (χ0v) is 6.77. The first-order chi connectivity index (χ1) is 4.74. The van der Waals surface area contributed by atoms with Gasteiger partial charge < -0.3 is 5.73 Å². The van der Waals surface area contributed by atoms with E-state index in [0.717, 1.165) is 18.4 Å². The molecule has 2 fully saturated rings. The molecular formula is C9H17N. The van der Waals surface area contributed by atoms with Crippen molar-refractivity contribution >= 4 is 0 Å². The summed E-state index contributed by atoms with van der Waals surface area (Å²) in [5.41, 5.74) is 6.29. The van der Waals surface area contributed by atoms with Crippen LogP contribution in [0.4, 0.5) is 0 Å². The largest absolute Gasteiger partial charge is 0.330 e. The fourth-order valence-electron chi connectivity index (χ4n) is 2.97. The van der Waals surface area contributed by atoms with E-state index in [1.165, 1.54) is 25.7 Å². The summed E-state index contributed by atoms with van der Waals surface area (Å²) in [6.07, 6.45) is 5.83. The molecule has 1 nitrogen and oxygen atoms in total. The first-order valence-electron chi connectivity index (χ1n) is 4.45. The third-order valence-corrected chi connectivity index (χ3v) is 3.75. The van der Waals surface area contributed by atoms with E-state index >= 15 is 0 Å². The Morgan fingerprint density at radius 2 is 2.30 bits per heavy atom. The molecule has 0 heterocycles. The van der Waals surface area contributed by atoms with Gasteiger partial charge in [-0.25, -0.2) is 0 Å². The molecule has 58 valence electrons. The van der Waals surface area contributed by atoms with Crippen molar-refractivity contribution in [2.24, 2.45) is 23.0 Å². The number of fused-ring (bicyclic) bond motifs is 2. The summed E-state index contributed by atoms with van der Waals surface area (Å²) in [5.74, 6) is 2.01. The summed E-state index contributed by atoms with van der Waals surface area (Å²) < 4.78 is 0. The zero-order valence-electron chi connectivity index (χ0n) is 6.77. The topological polar surface area (TPSA) is 26.0 Å². The minimum Gasteiger partial charge on any atom is -0.330 e. The van der Waals surface area contributed by atoms with Crippen molar-refractivity contribution in [1.29, 1.82) is 0 Å². The molecule has 0 aliphatic heterocycles. The van der Waals surface area contributed by atoms with Crippen LogP contribution in [0.15, 0.2) is 0 Å². The van der Waals surface area contributed by atoms with E-state index in [1.54, 1.807) is 0 Å². The lowest BCUT2D eigenvalue weighted by molar-refractivity contribution is 0.200. The zero-order chi connectivity index (χ0) is 7.19. The van der Waals surface area contributed by atoms with Gasteiger partial charge in [0.15, 0.2) is 0 Å². The molecule has 0 spiro atoms. The Labute approximate surface area is 63.0 Å². The SMILES string of the molecule is C[C@@]1(CN)C[C@@H]2CC[C@H]1C2. The Morgan fingerprint density at radius 1 is 1.50 bits per heavy atom. The van der Waals surface area contributed by atoms with Crippen LogP contribution in [0, 0.1) is 17.3 Å². The van der Waals surface area contributed by atoms with Crippen molar-refractivity contribution in [3.63, 3.8) is 0 Å². The highest BCUT2D eigenvalue weighted by Gasteiger charge is 2.46. The number of nitrogens with two attached hydrogens (primary N) is 1. The average Bonchev–Trinajstić information content (AvgIpc) is 2.46. The molecule has 0 aromatic heterocycles. The van der Waals surface area contributed by atoms with Crippen LogP contribution in [-0.4, -0.2) is 6.54 Å². The van der Waals surface area contributed by atoms with Gasteiger partial charge in [-0.05, 0) is 43.1 Å². The third kappa shape index (κ3) is 0.731. The van der Waals surface area contributed by atoms with Gasteiger partial charge >= 0.3 is 0 Å². The van der Waals surface area contributed by atoms with E-state index in [-0.39, 0.29) is 0 Å². The quantitative estimate of drug-likeness (QED) is 0.588. The summed E-state index contributed by atoms with van der Waals surface area (Å²) in [6, 6.07) is 0. The molecule has 0 radical (unpaired) electrons. The summed E-state index contributed by atoms with van der Waals surface area (Å²) in [6.45, 7) is 3.28. The molecule has 0 aromatic carbocycles. The van der Waals surface area contributed by atoms with Crippen LogP contribution in [0.3, 0.4) is 0 Å². The molecule has 0 amide bonds. The summed E-state index contributed by atoms with van der Waals surface area (Å²) in [5, 5.41) is 0. The summed E-state index contributed by atoms with van der Waals surface area (Å²) in [4.78, 5) is 0. The van der Waals surface area contributed by atoms with Crippen molar-refractivity contribution in [3.05, 3.63) is 0 Å². The number of hydrogen-bond donors (Lipinski definition) is 1. The van der Waals surface area contributed by atoms with Gasteiger partial charge in [0.2, 0.25) is 0 Å². The second-order valence-corrected chi connectivity index (χ2v) is 4.44. The smallest absolute Gasteiger partial charge is 0.00204 e. The second-order valence-electron chi connectivity index (χ2n) is 4.44. The third-order valence-electron chi connectivity index (χ3n) is 3.75. The van der Waals surface area contributed by atoms with E-state index in [2.05, 4.69) is 6.92 Å². The average molecular weight is 139 g/mol. The number of rotatable bonds is 1. The lowest BCUT2D eigenvalue weighted by Gasteiger charge is -2.32. The molecule has 3 atom stereocenters. The minimum atomic E-state index is 0.531. The maximum Gasteiger partial charge on any atom is -0.00204 e. The molecule has 2 bridgehead atoms. The van der Waals surface area contributed by atoms with Gasteiger partial charge in [-0.3, -0.25) is 0 Å². The predicted molar refractivity (Wildman–Crippen MR) is 42.6 cm³/mol. The van der Waals surface area contributed by atoms with Gasteiger partial charge in [0, 0.05) is 0 Å². The fourth-order valence-corrected chi connectivity index (χ4v) is 2.97. The van der Waals surface area contributed by atoms with Gasteiger partial charge in [0.1, 0.15) is 0 Å². The van der Waals surface area contributed by atoms with Gasteiger partial charge in [-0.1, -0.05) is 13.3 Å². The maximum atomic E-state index is 5.75.